The van der Waals surface area contributed by atoms with Crippen molar-refractivity contribution in [1.82, 2.24) is 5.32 Å². The molecule has 0 aliphatic rings. The lowest BCUT2D eigenvalue weighted by atomic mass is 10.1. The summed E-state index contributed by atoms with van der Waals surface area (Å²) >= 11 is 0. The largest absolute Gasteiger partial charge is 0.495 e. The predicted octanol–water partition coefficient (Wildman–Crippen LogP) is 3.18. The summed E-state index contributed by atoms with van der Waals surface area (Å²) in [6.07, 6.45) is 2.95. The van der Waals surface area contributed by atoms with Crippen LogP contribution in [0.2, 0.25) is 0 Å². The molecule has 0 aromatic heterocycles. The van der Waals surface area contributed by atoms with Crippen LogP contribution >= 0.6 is 0 Å². The monoisotopic (exact) mass is 302 g/mol. The molecule has 0 radical (unpaired) electrons. The first-order valence-electron chi connectivity index (χ1n) is 7.56. The SMILES string of the molecule is COc1ccc(CCCNCCc2ccc(F)cc2)cc1N. The van der Waals surface area contributed by atoms with E-state index >= 15 is 0 Å². The highest BCUT2D eigenvalue weighted by Crippen LogP contribution is 2.22. The zero-order valence-corrected chi connectivity index (χ0v) is 12.9. The summed E-state index contributed by atoms with van der Waals surface area (Å²) in [6, 6.07) is 12.6. The molecule has 4 heteroatoms. The van der Waals surface area contributed by atoms with Crippen LogP contribution in [-0.2, 0) is 12.8 Å². The van der Waals surface area contributed by atoms with Gasteiger partial charge >= 0.3 is 0 Å². The van der Waals surface area contributed by atoms with Crippen LogP contribution in [0.25, 0.3) is 0 Å². The number of halogens is 1. The third-order valence-electron chi connectivity index (χ3n) is 3.62. The Morgan fingerprint density at radius 2 is 1.73 bits per heavy atom. The molecular formula is C18H23FN2O. The number of nitrogen functional groups attached to an aromatic ring is 1. The van der Waals surface area contributed by atoms with Crippen molar-refractivity contribution in [3.05, 3.63) is 59.4 Å². The maximum absolute atomic E-state index is 12.8. The van der Waals surface area contributed by atoms with Gasteiger partial charge < -0.3 is 15.8 Å². The number of ether oxygens (including phenoxy) is 1. The molecule has 0 aliphatic heterocycles. The lowest BCUT2D eigenvalue weighted by Gasteiger charge is -2.08. The molecule has 0 heterocycles. The van der Waals surface area contributed by atoms with E-state index in [1.165, 1.54) is 17.7 Å². The lowest BCUT2D eigenvalue weighted by Crippen LogP contribution is -2.19. The van der Waals surface area contributed by atoms with E-state index < -0.39 is 0 Å². The van der Waals surface area contributed by atoms with Crippen LogP contribution in [0.3, 0.4) is 0 Å². The fourth-order valence-corrected chi connectivity index (χ4v) is 2.37. The van der Waals surface area contributed by atoms with E-state index in [0.29, 0.717) is 5.69 Å². The second kappa shape index (κ2) is 8.39. The minimum absolute atomic E-state index is 0.185. The first-order chi connectivity index (χ1) is 10.7. The molecule has 2 rings (SSSR count). The Bertz CT molecular complexity index is 584. The van der Waals surface area contributed by atoms with Crippen molar-refractivity contribution in [1.29, 1.82) is 0 Å². The van der Waals surface area contributed by atoms with Crippen LogP contribution in [0.1, 0.15) is 17.5 Å². The maximum Gasteiger partial charge on any atom is 0.141 e. The fourth-order valence-electron chi connectivity index (χ4n) is 2.37. The van der Waals surface area contributed by atoms with Gasteiger partial charge in [0.25, 0.3) is 0 Å². The minimum atomic E-state index is -0.185. The average Bonchev–Trinajstić information content (AvgIpc) is 2.52. The molecule has 22 heavy (non-hydrogen) atoms. The molecule has 0 saturated heterocycles. The maximum atomic E-state index is 12.8. The number of hydrogen-bond donors (Lipinski definition) is 2. The van der Waals surface area contributed by atoms with Gasteiger partial charge in [0.15, 0.2) is 0 Å². The highest BCUT2D eigenvalue weighted by Gasteiger charge is 2.00. The molecule has 2 aromatic rings. The second-order valence-electron chi connectivity index (χ2n) is 5.31. The highest BCUT2D eigenvalue weighted by atomic mass is 19.1. The summed E-state index contributed by atoms with van der Waals surface area (Å²) in [6.45, 7) is 1.85. The number of nitrogens with one attached hydrogen (secondary N) is 1. The summed E-state index contributed by atoms with van der Waals surface area (Å²) < 4.78 is 17.9. The lowest BCUT2D eigenvalue weighted by molar-refractivity contribution is 0.417. The zero-order valence-electron chi connectivity index (χ0n) is 12.9. The molecule has 3 nitrogen and oxygen atoms in total. The van der Waals surface area contributed by atoms with Gasteiger partial charge in [0.2, 0.25) is 0 Å². The van der Waals surface area contributed by atoms with E-state index in [2.05, 4.69) is 5.32 Å². The number of anilines is 1. The first kappa shape index (κ1) is 16.3. The number of nitrogens with two attached hydrogens (primary N) is 1. The fraction of sp³-hybridized carbons (Fsp3) is 0.333. The van der Waals surface area contributed by atoms with Crippen molar-refractivity contribution in [2.24, 2.45) is 0 Å². The van der Waals surface area contributed by atoms with Gasteiger partial charge in [0.1, 0.15) is 11.6 Å². The number of hydrogen-bond acceptors (Lipinski definition) is 3. The molecule has 0 atom stereocenters. The van der Waals surface area contributed by atoms with Crippen molar-refractivity contribution < 1.29 is 9.13 Å². The van der Waals surface area contributed by atoms with Crippen LogP contribution in [0, 0.1) is 5.82 Å². The molecule has 0 fully saturated rings. The third-order valence-corrected chi connectivity index (χ3v) is 3.62. The zero-order chi connectivity index (χ0) is 15.8. The molecule has 0 aliphatic carbocycles. The van der Waals surface area contributed by atoms with E-state index in [1.807, 2.05) is 30.3 Å². The summed E-state index contributed by atoms with van der Waals surface area (Å²) in [5.41, 5.74) is 8.95. The average molecular weight is 302 g/mol. The van der Waals surface area contributed by atoms with Crippen LogP contribution in [-0.4, -0.2) is 20.2 Å². The van der Waals surface area contributed by atoms with Gasteiger partial charge in [-0.15, -0.1) is 0 Å². The molecule has 3 N–H and O–H groups in total. The van der Waals surface area contributed by atoms with Crippen molar-refractivity contribution >= 4 is 5.69 Å². The Morgan fingerprint density at radius 1 is 1.00 bits per heavy atom. The van der Waals surface area contributed by atoms with Gasteiger partial charge in [-0.2, -0.15) is 0 Å². The van der Waals surface area contributed by atoms with Gasteiger partial charge in [-0.3, -0.25) is 0 Å². The van der Waals surface area contributed by atoms with Gasteiger partial charge in [0.05, 0.1) is 12.8 Å². The molecule has 118 valence electrons. The normalized spacial score (nSPS) is 10.6. The Kier molecular flexibility index (Phi) is 6.22. The number of methoxy groups -OCH3 is 1. The van der Waals surface area contributed by atoms with Crippen LogP contribution in [0.5, 0.6) is 5.75 Å². The molecule has 0 unspecified atom stereocenters. The van der Waals surface area contributed by atoms with Crippen LogP contribution < -0.4 is 15.8 Å². The van der Waals surface area contributed by atoms with Crippen molar-refractivity contribution in [2.45, 2.75) is 19.3 Å². The summed E-state index contributed by atoms with van der Waals surface area (Å²) in [5.74, 6) is 0.539. The third kappa shape index (κ3) is 5.04. The van der Waals surface area contributed by atoms with E-state index in [4.69, 9.17) is 10.5 Å². The van der Waals surface area contributed by atoms with E-state index in [9.17, 15) is 4.39 Å². The van der Waals surface area contributed by atoms with Crippen LogP contribution in [0.4, 0.5) is 10.1 Å². The quantitative estimate of drug-likeness (QED) is 0.581. The van der Waals surface area contributed by atoms with E-state index in [1.54, 1.807) is 7.11 Å². The summed E-state index contributed by atoms with van der Waals surface area (Å²) in [5, 5.41) is 3.41. The Morgan fingerprint density at radius 3 is 2.41 bits per heavy atom. The van der Waals surface area contributed by atoms with Crippen molar-refractivity contribution in [3.63, 3.8) is 0 Å². The Balaban J connectivity index is 1.63. The van der Waals surface area contributed by atoms with Crippen molar-refractivity contribution in [3.8, 4) is 5.75 Å². The topological polar surface area (TPSA) is 47.3 Å². The van der Waals surface area contributed by atoms with Crippen LogP contribution in [0.15, 0.2) is 42.5 Å². The van der Waals surface area contributed by atoms with E-state index in [-0.39, 0.29) is 5.82 Å². The predicted molar refractivity (Wildman–Crippen MR) is 88.7 cm³/mol. The number of aryl methyl sites for hydroxylation is 1. The van der Waals surface area contributed by atoms with Gasteiger partial charge in [-0.1, -0.05) is 18.2 Å². The van der Waals surface area contributed by atoms with Gasteiger partial charge in [-0.05, 0) is 67.7 Å². The molecule has 0 amide bonds. The summed E-state index contributed by atoms with van der Waals surface area (Å²) in [4.78, 5) is 0. The molecular weight excluding hydrogens is 279 g/mol. The molecule has 2 aromatic carbocycles. The Labute approximate surface area is 131 Å². The molecule has 0 spiro atoms. The van der Waals surface area contributed by atoms with Gasteiger partial charge in [0, 0.05) is 0 Å². The second-order valence-corrected chi connectivity index (χ2v) is 5.31. The minimum Gasteiger partial charge on any atom is -0.495 e. The molecule has 0 bridgehead atoms. The number of benzene rings is 2. The van der Waals surface area contributed by atoms with Gasteiger partial charge in [-0.25, -0.2) is 4.39 Å². The molecule has 0 saturated carbocycles. The number of rotatable bonds is 8. The van der Waals surface area contributed by atoms with Crippen molar-refractivity contribution in [2.75, 3.05) is 25.9 Å². The standard InChI is InChI=1S/C18H23FN2O/c1-22-18-9-6-15(13-17(18)20)3-2-11-21-12-10-14-4-7-16(19)8-5-14/h4-9,13,21H,2-3,10-12,20H2,1H3. The Hall–Kier alpha value is -2.07. The first-order valence-corrected chi connectivity index (χ1v) is 7.56. The van der Waals surface area contributed by atoms with E-state index in [0.717, 1.165) is 43.7 Å². The smallest absolute Gasteiger partial charge is 0.141 e. The summed E-state index contributed by atoms with van der Waals surface area (Å²) in [7, 11) is 1.62. The highest BCUT2D eigenvalue weighted by molar-refractivity contribution is 5.54.